The minimum Gasteiger partial charge on any atom is -0.359 e. The zero-order valence-electron chi connectivity index (χ0n) is 11.3. The predicted molar refractivity (Wildman–Crippen MR) is 76.2 cm³/mol. The van der Waals surface area contributed by atoms with Crippen molar-refractivity contribution >= 4 is 34.8 Å². The van der Waals surface area contributed by atoms with Gasteiger partial charge >= 0.3 is 0 Å². The maximum atomic E-state index is 12.0. The highest BCUT2D eigenvalue weighted by Crippen LogP contribution is 2.13. The van der Waals surface area contributed by atoms with Crippen LogP contribution in [0, 0.1) is 5.92 Å². The normalized spacial score (nSPS) is 12.0. The first kappa shape index (κ1) is 15.9. The van der Waals surface area contributed by atoms with Crippen molar-refractivity contribution in [2.24, 2.45) is 5.92 Å². The summed E-state index contributed by atoms with van der Waals surface area (Å²) in [5.41, 5.74) is 0.788. The molecule has 1 aromatic heterocycles. The lowest BCUT2D eigenvalue weighted by molar-refractivity contribution is -0.131. The Kier molecular flexibility index (Phi) is 6.24. The average Bonchev–Trinajstić information content (AvgIpc) is 2.85. The molecule has 1 rings (SSSR count). The third-order valence-corrected chi connectivity index (χ3v) is 3.88. The molecule has 0 bridgehead atoms. The van der Waals surface area contributed by atoms with Crippen molar-refractivity contribution in [3.63, 3.8) is 0 Å². The quantitative estimate of drug-likeness (QED) is 0.805. The molecular formula is C12H18ClN3O2S. The Morgan fingerprint density at radius 1 is 1.58 bits per heavy atom. The van der Waals surface area contributed by atoms with Crippen molar-refractivity contribution in [3.05, 3.63) is 16.1 Å². The molecule has 0 fully saturated rings. The van der Waals surface area contributed by atoms with Crippen molar-refractivity contribution < 1.29 is 9.59 Å². The smallest absolute Gasteiger partial charge is 0.229 e. The SMILES string of the molecule is CNC(=O)C(C)CN(C)C(=O)Cc1nc(CCl)cs1. The Morgan fingerprint density at radius 2 is 2.26 bits per heavy atom. The van der Waals surface area contributed by atoms with Gasteiger partial charge in [0.25, 0.3) is 0 Å². The number of thiazole rings is 1. The first-order valence-electron chi connectivity index (χ1n) is 5.92. The van der Waals surface area contributed by atoms with E-state index in [-0.39, 0.29) is 24.2 Å². The Bertz CT molecular complexity index is 450. The van der Waals surface area contributed by atoms with Crippen molar-refractivity contribution in [1.82, 2.24) is 15.2 Å². The third-order valence-electron chi connectivity index (χ3n) is 2.71. The number of alkyl halides is 1. The second kappa shape index (κ2) is 7.45. The third kappa shape index (κ3) is 4.80. The summed E-state index contributed by atoms with van der Waals surface area (Å²) in [6, 6.07) is 0. The Labute approximate surface area is 122 Å². The van der Waals surface area contributed by atoms with E-state index in [1.165, 1.54) is 11.3 Å². The molecular weight excluding hydrogens is 286 g/mol. The fraction of sp³-hybridized carbons (Fsp3) is 0.583. The molecule has 0 aliphatic carbocycles. The van der Waals surface area contributed by atoms with Crippen LogP contribution in [0.15, 0.2) is 5.38 Å². The molecule has 0 spiro atoms. The summed E-state index contributed by atoms with van der Waals surface area (Å²) in [4.78, 5) is 29.2. The minimum absolute atomic E-state index is 0.0498. The molecule has 0 saturated carbocycles. The van der Waals surface area contributed by atoms with Crippen LogP contribution in [-0.4, -0.2) is 42.3 Å². The van der Waals surface area contributed by atoms with Gasteiger partial charge in [-0.1, -0.05) is 6.92 Å². The van der Waals surface area contributed by atoms with E-state index in [1.807, 2.05) is 5.38 Å². The molecule has 0 radical (unpaired) electrons. The second-order valence-corrected chi connectivity index (χ2v) is 5.54. The summed E-state index contributed by atoms with van der Waals surface area (Å²) in [5.74, 6) is 0.00650. The van der Waals surface area contributed by atoms with Gasteiger partial charge in [-0.2, -0.15) is 0 Å². The zero-order valence-corrected chi connectivity index (χ0v) is 12.8. The van der Waals surface area contributed by atoms with E-state index in [4.69, 9.17) is 11.6 Å². The van der Waals surface area contributed by atoms with Crippen molar-refractivity contribution in [3.8, 4) is 0 Å². The first-order valence-corrected chi connectivity index (χ1v) is 7.34. The molecule has 1 aromatic rings. The molecule has 19 heavy (non-hydrogen) atoms. The second-order valence-electron chi connectivity index (χ2n) is 4.33. The molecule has 1 unspecified atom stereocenters. The van der Waals surface area contributed by atoms with Crippen LogP contribution in [0.3, 0.4) is 0 Å². The van der Waals surface area contributed by atoms with Crippen molar-refractivity contribution in [2.45, 2.75) is 19.2 Å². The molecule has 0 saturated heterocycles. The summed E-state index contributed by atoms with van der Waals surface area (Å²) >= 11 is 7.09. The number of hydrogen-bond acceptors (Lipinski definition) is 4. The molecule has 2 amide bonds. The molecule has 0 aliphatic heterocycles. The zero-order chi connectivity index (χ0) is 14.4. The van der Waals surface area contributed by atoms with E-state index in [0.29, 0.717) is 12.4 Å². The topological polar surface area (TPSA) is 62.3 Å². The first-order chi connectivity index (χ1) is 8.97. The number of likely N-dealkylation sites (N-methyl/N-ethyl adjacent to an activating group) is 1. The van der Waals surface area contributed by atoms with E-state index in [1.54, 1.807) is 25.9 Å². The molecule has 1 N–H and O–H groups in total. The Balaban J connectivity index is 2.50. The minimum atomic E-state index is -0.228. The van der Waals surface area contributed by atoms with E-state index in [9.17, 15) is 9.59 Å². The van der Waals surface area contributed by atoms with Gasteiger partial charge in [0.1, 0.15) is 5.01 Å². The largest absolute Gasteiger partial charge is 0.359 e. The van der Waals surface area contributed by atoms with E-state index < -0.39 is 0 Å². The number of hydrogen-bond donors (Lipinski definition) is 1. The number of halogens is 1. The summed E-state index contributed by atoms with van der Waals surface area (Å²) in [7, 11) is 3.28. The number of carbonyl (C=O) groups excluding carboxylic acids is 2. The van der Waals surface area contributed by atoms with Crippen molar-refractivity contribution in [2.75, 3.05) is 20.6 Å². The highest BCUT2D eigenvalue weighted by Gasteiger charge is 2.18. The molecule has 1 heterocycles. The molecule has 5 nitrogen and oxygen atoms in total. The summed E-state index contributed by atoms with van der Waals surface area (Å²) in [5, 5.41) is 5.17. The molecule has 1 atom stereocenters. The maximum absolute atomic E-state index is 12.0. The van der Waals surface area contributed by atoms with Gasteiger partial charge in [0.2, 0.25) is 11.8 Å². The van der Waals surface area contributed by atoms with Crippen LogP contribution in [0.5, 0.6) is 0 Å². The van der Waals surface area contributed by atoms with Gasteiger partial charge in [-0.3, -0.25) is 9.59 Å². The summed E-state index contributed by atoms with van der Waals surface area (Å²) in [6.45, 7) is 2.18. The fourth-order valence-electron chi connectivity index (χ4n) is 1.60. The van der Waals surface area contributed by atoms with Gasteiger partial charge in [0, 0.05) is 26.0 Å². The van der Waals surface area contributed by atoms with Gasteiger partial charge in [0.15, 0.2) is 0 Å². The van der Waals surface area contributed by atoms with Gasteiger partial charge in [0.05, 0.1) is 23.9 Å². The molecule has 0 aromatic carbocycles. The molecule has 106 valence electrons. The predicted octanol–water partition coefficient (Wildman–Crippen LogP) is 1.26. The van der Waals surface area contributed by atoms with Gasteiger partial charge in [-0.05, 0) is 0 Å². The lowest BCUT2D eigenvalue weighted by Gasteiger charge is -2.20. The highest BCUT2D eigenvalue weighted by molar-refractivity contribution is 7.09. The van der Waals surface area contributed by atoms with Crippen LogP contribution >= 0.6 is 22.9 Å². The van der Waals surface area contributed by atoms with Crippen LogP contribution in [0.25, 0.3) is 0 Å². The number of nitrogens with one attached hydrogen (secondary N) is 1. The standard InChI is InChI=1S/C12H18ClN3O2S/c1-8(12(18)14-2)6-16(3)11(17)4-10-15-9(5-13)7-19-10/h7-8H,4-6H2,1-3H3,(H,14,18). The van der Waals surface area contributed by atoms with E-state index in [0.717, 1.165) is 10.7 Å². The monoisotopic (exact) mass is 303 g/mol. The van der Waals surface area contributed by atoms with E-state index >= 15 is 0 Å². The fourth-order valence-corrected chi connectivity index (χ4v) is 2.61. The highest BCUT2D eigenvalue weighted by atomic mass is 35.5. The Morgan fingerprint density at radius 3 is 2.79 bits per heavy atom. The lowest BCUT2D eigenvalue weighted by atomic mass is 10.1. The average molecular weight is 304 g/mol. The van der Waals surface area contributed by atoms with Crippen LogP contribution in [0.4, 0.5) is 0 Å². The van der Waals surface area contributed by atoms with Crippen LogP contribution < -0.4 is 5.32 Å². The van der Waals surface area contributed by atoms with Gasteiger partial charge in [-0.25, -0.2) is 4.98 Å². The molecule has 0 aliphatic rings. The summed E-state index contributed by atoms with van der Waals surface area (Å²) < 4.78 is 0. The maximum Gasteiger partial charge on any atom is 0.229 e. The number of aromatic nitrogens is 1. The summed E-state index contributed by atoms with van der Waals surface area (Å²) in [6.07, 6.45) is 0.249. The number of nitrogens with zero attached hydrogens (tertiary/aromatic N) is 2. The number of rotatable bonds is 6. The lowest BCUT2D eigenvalue weighted by Crippen LogP contribution is -2.37. The van der Waals surface area contributed by atoms with Gasteiger partial charge < -0.3 is 10.2 Å². The number of amides is 2. The molecule has 7 heteroatoms. The van der Waals surface area contributed by atoms with E-state index in [2.05, 4.69) is 10.3 Å². The number of carbonyl (C=O) groups is 2. The van der Waals surface area contributed by atoms with Gasteiger partial charge in [-0.15, -0.1) is 22.9 Å². The van der Waals surface area contributed by atoms with Crippen molar-refractivity contribution in [1.29, 1.82) is 0 Å². The van der Waals surface area contributed by atoms with Crippen LogP contribution in [-0.2, 0) is 21.9 Å². The Hall–Kier alpha value is -1.14. The van der Waals surface area contributed by atoms with Crippen LogP contribution in [0.1, 0.15) is 17.6 Å². The van der Waals surface area contributed by atoms with Crippen LogP contribution in [0.2, 0.25) is 0 Å².